The monoisotopic (exact) mass is 524 g/mol. The minimum atomic E-state index is 0.0190. The third-order valence-electron chi connectivity index (χ3n) is 6.89. The second kappa shape index (κ2) is 9.64. The SMILES string of the molecule is COc1ccc(-n2c(SCc3ccc(Cl)cc3)nc3sc4c(c3c2=O)CCC(C(C)(C)C)C4)cc1. The number of rotatable bonds is 5. The van der Waals surface area contributed by atoms with Gasteiger partial charge in [-0.15, -0.1) is 11.3 Å². The maximum Gasteiger partial charge on any atom is 0.267 e. The summed E-state index contributed by atoms with van der Waals surface area (Å²) < 4.78 is 7.10. The lowest BCUT2D eigenvalue weighted by atomic mass is 9.72. The van der Waals surface area contributed by atoms with Crippen LogP contribution in [0.15, 0.2) is 58.5 Å². The van der Waals surface area contributed by atoms with Crippen LogP contribution in [0.4, 0.5) is 0 Å². The molecule has 0 N–H and O–H groups in total. The standard InChI is InChI=1S/C28H29ClN2O2S2/c1-28(2,3)18-7-14-22-23(15-18)35-25-24(22)26(32)31(20-10-12-21(33-4)13-11-20)27(30-25)34-16-17-5-8-19(29)9-6-17/h5-6,8-13,18H,7,14-16H2,1-4H3. The first-order chi connectivity index (χ1) is 16.7. The summed E-state index contributed by atoms with van der Waals surface area (Å²) in [7, 11) is 1.64. The van der Waals surface area contributed by atoms with Gasteiger partial charge in [0.2, 0.25) is 0 Å². The van der Waals surface area contributed by atoms with Gasteiger partial charge < -0.3 is 4.74 Å². The first kappa shape index (κ1) is 24.4. The van der Waals surface area contributed by atoms with E-state index in [4.69, 9.17) is 21.3 Å². The lowest BCUT2D eigenvalue weighted by Gasteiger charge is -2.33. The quantitative estimate of drug-likeness (QED) is 0.200. The first-order valence-electron chi connectivity index (χ1n) is 11.8. The molecule has 1 unspecified atom stereocenters. The van der Waals surface area contributed by atoms with E-state index in [1.165, 1.54) is 10.4 Å². The molecule has 0 amide bonds. The molecule has 2 heterocycles. The fraction of sp³-hybridized carbons (Fsp3) is 0.357. The summed E-state index contributed by atoms with van der Waals surface area (Å²) in [6.45, 7) is 6.95. The smallest absolute Gasteiger partial charge is 0.267 e. The number of hydrogen-bond acceptors (Lipinski definition) is 5. The van der Waals surface area contributed by atoms with E-state index in [2.05, 4.69) is 20.8 Å². The van der Waals surface area contributed by atoms with Crippen molar-refractivity contribution < 1.29 is 4.74 Å². The number of thioether (sulfide) groups is 1. The van der Waals surface area contributed by atoms with Gasteiger partial charge in [0.05, 0.1) is 18.2 Å². The van der Waals surface area contributed by atoms with Crippen molar-refractivity contribution in [3.05, 3.63) is 79.9 Å². The van der Waals surface area contributed by atoms with Gasteiger partial charge in [-0.3, -0.25) is 9.36 Å². The summed E-state index contributed by atoms with van der Waals surface area (Å²) in [6, 6.07) is 15.4. The van der Waals surface area contributed by atoms with Crippen molar-refractivity contribution >= 4 is 44.9 Å². The molecule has 0 bridgehead atoms. The van der Waals surface area contributed by atoms with E-state index in [0.29, 0.717) is 21.8 Å². The number of aromatic nitrogens is 2. The average molecular weight is 525 g/mol. The van der Waals surface area contributed by atoms with Crippen LogP contribution < -0.4 is 10.3 Å². The van der Waals surface area contributed by atoms with Gasteiger partial charge in [0.1, 0.15) is 10.6 Å². The van der Waals surface area contributed by atoms with Crippen molar-refractivity contribution in [1.82, 2.24) is 9.55 Å². The largest absolute Gasteiger partial charge is 0.497 e. The molecule has 0 radical (unpaired) electrons. The molecule has 1 atom stereocenters. The number of halogens is 1. The molecule has 2 aromatic carbocycles. The zero-order chi connectivity index (χ0) is 24.7. The number of ether oxygens (including phenoxy) is 1. The highest BCUT2D eigenvalue weighted by atomic mass is 35.5. The van der Waals surface area contributed by atoms with Gasteiger partial charge in [-0.25, -0.2) is 4.98 Å². The Labute approximate surface area is 219 Å². The topological polar surface area (TPSA) is 44.1 Å². The molecule has 1 aliphatic rings. The predicted molar refractivity (Wildman–Crippen MR) is 148 cm³/mol. The average Bonchev–Trinajstić information content (AvgIpc) is 3.21. The Balaban J connectivity index is 1.62. The van der Waals surface area contributed by atoms with Crippen LogP contribution in [0, 0.1) is 11.3 Å². The normalized spacial score (nSPS) is 15.9. The Morgan fingerprint density at radius 2 is 1.86 bits per heavy atom. The number of fused-ring (bicyclic) bond motifs is 3. The Morgan fingerprint density at radius 3 is 2.51 bits per heavy atom. The molecule has 0 aliphatic heterocycles. The van der Waals surface area contributed by atoms with Crippen molar-refractivity contribution in [2.75, 3.05) is 7.11 Å². The lowest BCUT2D eigenvalue weighted by molar-refractivity contribution is 0.218. The molecule has 2 aromatic heterocycles. The van der Waals surface area contributed by atoms with Crippen LogP contribution in [0.5, 0.6) is 5.75 Å². The summed E-state index contributed by atoms with van der Waals surface area (Å²) in [5.41, 5.74) is 3.41. The van der Waals surface area contributed by atoms with E-state index in [1.807, 2.05) is 48.5 Å². The zero-order valence-corrected chi connectivity index (χ0v) is 22.8. The highest BCUT2D eigenvalue weighted by Crippen LogP contribution is 2.42. The van der Waals surface area contributed by atoms with E-state index in [1.54, 1.807) is 34.8 Å². The lowest BCUT2D eigenvalue weighted by Crippen LogP contribution is -2.27. The molecule has 5 rings (SSSR count). The molecular weight excluding hydrogens is 496 g/mol. The number of methoxy groups -OCH3 is 1. The van der Waals surface area contributed by atoms with E-state index >= 15 is 0 Å². The minimum Gasteiger partial charge on any atom is -0.497 e. The maximum atomic E-state index is 14.0. The van der Waals surface area contributed by atoms with Crippen molar-refractivity contribution in [1.29, 1.82) is 0 Å². The molecule has 4 nitrogen and oxygen atoms in total. The van der Waals surface area contributed by atoms with Gasteiger partial charge in [-0.05, 0) is 78.1 Å². The van der Waals surface area contributed by atoms with E-state index in [-0.39, 0.29) is 11.0 Å². The molecule has 0 spiro atoms. The molecule has 35 heavy (non-hydrogen) atoms. The van der Waals surface area contributed by atoms with Gasteiger partial charge in [0, 0.05) is 15.7 Å². The van der Waals surface area contributed by atoms with Crippen LogP contribution >= 0.6 is 34.7 Å². The Morgan fingerprint density at radius 1 is 1.14 bits per heavy atom. The van der Waals surface area contributed by atoms with Gasteiger partial charge >= 0.3 is 0 Å². The third-order valence-corrected chi connectivity index (χ3v) is 9.30. The van der Waals surface area contributed by atoms with Crippen molar-refractivity contribution in [2.45, 2.75) is 50.9 Å². The molecule has 7 heteroatoms. The van der Waals surface area contributed by atoms with Crippen LogP contribution in [0.1, 0.15) is 43.2 Å². The van der Waals surface area contributed by atoms with Crippen molar-refractivity contribution in [3.8, 4) is 11.4 Å². The van der Waals surface area contributed by atoms with Gasteiger partial charge in [0.25, 0.3) is 5.56 Å². The van der Waals surface area contributed by atoms with E-state index in [0.717, 1.165) is 46.5 Å². The third kappa shape index (κ3) is 4.89. The summed E-state index contributed by atoms with van der Waals surface area (Å²) in [5, 5.41) is 2.21. The second-order valence-electron chi connectivity index (χ2n) is 10.1. The van der Waals surface area contributed by atoms with E-state index < -0.39 is 0 Å². The van der Waals surface area contributed by atoms with Gasteiger partial charge in [0.15, 0.2) is 5.16 Å². The molecule has 0 fully saturated rings. The van der Waals surface area contributed by atoms with Crippen molar-refractivity contribution in [2.24, 2.45) is 11.3 Å². The minimum absolute atomic E-state index is 0.0190. The Hall–Kier alpha value is -2.28. The predicted octanol–water partition coefficient (Wildman–Crippen LogP) is 7.55. The Bertz CT molecular complexity index is 1420. The van der Waals surface area contributed by atoms with Crippen LogP contribution in [-0.2, 0) is 18.6 Å². The summed E-state index contributed by atoms with van der Waals surface area (Å²) in [4.78, 5) is 21.3. The summed E-state index contributed by atoms with van der Waals surface area (Å²) in [5.74, 6) is 2.07. The van der Waals surface area contributed by atoms with E-state index in [9.17, 15) is 4.79 Å². The van der Waals surface area contributed by atoms with Crippen molar-refractivity contribution in [3.63, 3.8) is 0 Å². The number of nitrogens with zero attached hydrogens (tertiary/aromatic N) is 2. The second-order valence-corrected chi connectivity index (χ2v) is 12.6. The number of hydrogen-bond donors (Lipinski definition) is 0. The highest BCUT2D eigenvalue weighted by molar-refractivity contribution is 7.98. The summed E-state index contributed by atoms with van der Waals surface area (Å²) >= 11 is 9.34. The van der Waals surface area contributed by atoms with Crippen LogP contribution in [0.3, 0.4) is 0 Å². The van der Waals surface area contributed by atoms with Crippen LogP contribution in [0.25, 0.3) is 15.9 Å². The number of benzene rings is 2. The molecular formula is C28H29ClN2O2S2. The zero-order valence-electron chi connectivity index (χ0n) is 20.4. The number of aryl methyl sites for hydroxylation is 1. The molecule has 0 saturated carbocycles. The molecule has 182 valence electrons. The van der Waals surface area contributed by atoms with Crippen LogP contribution in [0.2, 0.25) is 5.02 Å². The van der Waals surface area contributed by atoms with Crippen LogP contribution in [-0.4, -0.2) is 16.7 Å². The fourth-order valence-electron chi connectivity index (χ4n) is 4.73. The first-order valence-corrected chi connectivity index (χ1v) is 14.0. The highest BCUT2D eigenvalue weighted by Gasteiger charge is 2.32. The Kier molecular flexibility index (Phi) is 6.73. The fourth-order valence-corrected chi connectivity index (χ4v) is 7.17. The molecule has 1 aliphatic carbocycles. The summed E-state index contributed by atoms with van der Waals surface area (Å²) in [6.07, 6.45) is 3.07. The van der Waals surface area contributed by atoms with Gasteiger partial charge in [-0.2, -0.15) is 0 Å². The molecule has 4 aromatic rings. The van der Waals surface area contributed by atoms with Gasteiger partial charge in [-0.1, -0.05) is 56.3 Å². The number of thiophene rings is 1. The molecule has 0 saturated heterocycles. The maximum absolute atomic E-state index is 14.0.